The molecule has 2 aromatic rings. The highest BCUT2D eigenvalue weighted by Gasteiger charge is 2.22. The second-order valence-corrected chi connectivity index (χ2v) is 8.68. The van der Waals surface area contributed by atoms with Gasteiger partial charge in [0.1, 0.15) is 11.7 Å². The number of aryl methyl sites for hydroxylation is 1. The molecule has 0 amide bonds. The fourth-order valence-electron chi connectivity index (χ4n) is 4.18. The summed E-state index contributed by atoms with van der Waals surface area (Å²) >= 11 is 0. The number of nitrogens with two attached hydrogens (primary N) is 1. The summed E-state index contributed by atoms with van der Waals surface area (Å²) in [5, 5.41) is 27.9. The van der Waals surface area contributed by atoms with Gasteiger partial charge in [0.2, 0.25) is 0 Å². The SMILES string of the molecule is CC.CCc1cc(CN=C(N)c2cc(C#N)ccc2C(=N)N2CCC(O)CC2)ccc1C(C)C. The van der Waals surface area contributed by atoms with Crippen molar-refractivity contribution in [3.63, 3.8) is 0 Å². The summed E-state index contributed by atoms with van der Waals surface area (Å²) in [5.41, 5.74) is 11.9. The third-order valence-corrected chi connectivity index (χ3v) is 6.10. The van der Waals surface area contributed by atoms with Gasteiger partial charge in [-0.25, -0.2) is 0 Å². The Morgan fingerprint density at radius 1 is 1.18 bits per heavy atom. The van der Waals surface area contributed by atoms with E-state index in [-0.39, 0.29) is 6.10 Å². The van der Waals surface area contributed by atoms with Crippen LogP contribution in [0.5, 0.6) is 0 Å². The van der Waals surface area contributed by atoms with Crippen molar-refractivity contribution in [3.05, 3.63) is 69.8 Å². The first-order chi connectivity index (χ1) is 16.3. The maximum atomic E-state index is 9.78. The molecule has 0 saturated carbocycles. The maximum absolute atomic E-state index is 9.78. The fourth-order valence-corrected chi connectivity index (χ4v) is 4.18. The predicted molar refractivity (Wildman–Crippen MR) is 140 cm³/mol. The molecule has 1 saturated heterocycles. The molecule has 0 bridgehead atoms. The third kappa shape index (κ3) is 6.68. The Balaban J connectivity index is 0.00000199. The minimum absolute atomic E-state index is 0.304. The highest BCUT2D eigenvalue weighted by molar-refractivity contribution is 6.09. The first kappa shape index (κ1) is 27.1. The molecule has 0 radical (unpaired) electrons. The van der Waals surface area contributed by atoms with Crippen LogP contribution in [-0.4, -0.2) is 40.9 Å². The summed E-state index contributed by atoms with van der Waals surface area (Å²) in [6, 6.07) is 13.8. The summed E-state index contributed by atoms with van der Waals surface area (Å²) in [5.74, 6) is 1.15. The summed E-state index contributed by atoms with van der Waals surface area (Å²) in [7, 11) is 0. The third-order valence-electron chi connectivity index (χ3n) is 6.10. The Bertz CT molecular complexity index is 1040. The largest absolute Gasteiger partial charge is 0.393 e. The van der Waals surface area contributed by atoms with Crippen molar-refractivity contribution < 1.29 is 5.11 Å². The normalized spacial score (nSPS) is 14.4. The Labute approximate surface area is 204 Å². The van der Waals surface area contributed by atoms with Gasteiger partial charge >= 0.3 is 0 Å². The molecule has 0 spiro atoms. The van der Waals surface area contributed by atoms with Crippen LogP contribution in [0, 0.1) is 16.7 Å². The van der Waals surface area contributed by atoms with Crippen molar-refractivity contribution in [2.24, 2.45) is 10.7 Å². The van der Waals surface area contributed by atoms with E-state index in [1.54, 1.807) is 18.2 Å². The molecule has 0 unspecified atom stereocenters. The predicted octanol–water partition coefficient (Wildman–Crippen LogP) is 4.96. The molecular formula is C28H39N5O. The van der Waals surface area contributed by atoms with Gasteiger partial charge in [-0.15, -0.1) is 0 Å². The van der Waals surface area contributed by atoms with Gasteiger partial charge in [-0.1, -0.05) is 52.8 Å². The topological polar surface area (TPSA) is 109 Å². The second-order valence-electron chi connectivity index (χ2n) is 8.68. The number of hydrogen-bond donors (Lipinski definition) is 3. The lowest BCUT2D eigenvalue weighted by Crippen LogP contribution is -2.40. The van der Waals surface area contributed by atoms with Gasteiger partial charge in [-0.2, -0.15) is 5.26 Å². The van der Waals surface area contributed by atoms with Crippen LogP contribution in [-0.2, 0) is 13.0 Å². The van der Waals surface area contributed by atoms with Gasteiger partial charge < -0.3 is 15.7 Å². The van der Waals surface area contributed by atoms with Crippen molar-refractivity contribution in [1.29, 1.82) is 10.7 Å². The number of piperidine rings is 1. The van der Waals surface area contributed by atoms with E-state index >= 15 is 0 Å². The van der Waals surface area contributed by atoms with E-state index in [9.17, 15) is 10.4 Å². The number of aliphatic hydroxyl groups excluding tert-OH is 1. The van der Waals surface area contributed by atoms with E-state index in [2.05, 4.69) is 50.0 Å². The van der Waals surface area contributed by atoms with Gasteiger partial charge in [0.05, 0.1) is 24.3 Å². The van der Waals surface area contributed by atoms with Gasteiger partial charge in [0.15, 0.2) is 0 Å². The van der Waals surface area contributed by atoms with Crippen molar-refractivity contribution in [3.8, 4) is 6.07 Å². The molecule has 1 heterocycles. The zero-order valence-electron chi connectivity index (χ0n) is 21.2. The minimum Gasteiger partial charge on any atom is -0.393 e. The van der Waals surface area contributed by atoms with Crippen LogP contribution in [0.1, 0.15) is 86.8 Å². The van der Waals surface area contributed by atoms with Crippen LogP contribution in [0.25, 0.3) is 0 Å². The maximum Gasteiger partial charge on any atom is 0.128 e. The van der Waals surface area contributed by atoms with Crippen LogP contribution in [0.15, 0.2) is 41.4 Å². The highest BCUT2D eigenvalue weighted by atomic mass is 16.3. The average Bonchev–Trinajstić information content (AvgIpc) is 2.87. The summed E-state index contributed by atoms with van der Waals surface area (Å²) in [6.45, 7) is 12.2. The number of nitriles is 1. The lowest BCUT2D eigenvalue weighted by Gasteiger charge is -2.32. The number of rotatable bonds is 6. The lowest BCUT2D eigenvalue weighted by molar-refractivity contribution is 0.109. The summed E-state index contributed by atoms with van der Waals surface area (Å²) < 4.78 is 0. The molecule has 3 rings (SSSR count). The van der Waals surface area contributed by atoms with E-state index in [0.717, 1.165) is 12.0 Å². The van der Waals surface area contributed by atoms with Gasteiger partial charge in [-0.05, 0) is 60.1 Å². The first-order valence-corrected chi connectivity index (χ1v) is 12.3. The zero-order valence-corrected chi connectivity index (χ0v) is 21.2. The molecule has 0 atom stereocenters. The first-order valence-electron chi connectivity index (χ1n) is 12.3. The van der Waals surface area contributed by atoms with Crippen LogP contribution in [0.2, 0.25) is 0 Å². The van der Waals surface area contributed by atoms with E-state index in [4.69, 9.17) is 11.1 Å². The number of nitrogens with one attached hydrogen (secondary N) is 1. The molecule has 4 N–H and O–H groups in total. The van der Waals surface area contributed by atoms with Gasteiger partial charge in [0.25, 0.3) is 0 Å². The number of amidine groups is 2. The number of nitrogens with zero attached hydrogens (tertiary/aromatic N) is 3. The molecule has 6 nitrogen and oxygen atoms in total. The van der Waals surface area contributed by atoms with Crippen molar-refractivity contribution in [2.75, 3.05) is 13.1 Å². The molecule has 1 fully saturated rings. The van der Waals surface area contributed by atoms with Crippen LogP contribution in [0.3, 0.4) is 0 Å². The molecule has 34 heavy (non-hydrogen) atoms. The molecule has 0 aliphatic carbocycles. The molecule has 6 heteroatoms. The molecular weight excluding hydrogens is 422 g/mol. The van der Waals surface area contributed by atoms with E-state index in [1.165, 1.54) is 11.1 Å². The smallest absolute Gasteiger partial charge is 0.128 e. The fraction of sp³-hybridized carbons (Fsp3) is 0.464. The van der Waals surface area contributed by atoms with Crippen LogP contribution < -0.4 is 5.73 Å². The average molecular weight is 462 g/mol. The zero-order chi connectivity index (χ0) is 25.3. The van der Waals surface area contributed by atoms with Crippen LogP contribution in [0.4, 0.5) is 0 Å². The van der Waals surface area contributed by atoms with Crippen molar-refractivity contribution >= 4 is 11.7 Å². The Hall–Kier alpha value is -3.17. The molecule has 1 aliphatic heterocycles. The summed E-state index contributed by atoms with van der Waals surface area (Å²) in [4.78, 5) is 6.57. The van der Waals surface area contributed by atoms with E-state index in [0.29, 0.717) is 66.8 Å². The molecule has 1 aliphatic rings. The number of benzene rings is 2. The Morgan fingerprint density at radius 2 is 1.85 bits per heavy atom. The van der Waals surface area contributed by atoms with Crippen molar-refractivity contribution in [1.82, 2.24) is 4.90 Å². The summed E-state index contributed by atoms with van der Waals surface area (Å²) in [6.07, 6.45) is 1.95. The Morgan fingerprint density at radius 3 is 2.44 bits per heavy atom. The standard InChI is InChI=1S/C26H33N5O.C2H6/c1-4-20-13-19(6-7-22(20)17(2)3)16-30-25(28)24-14-18(15-27)5-8-23(24)26(29)31-11-9-21(32)10-12-31;1-2/h5-8,13-14,17,21,29,32H,4,9-12,16H2,1-3H3,(H2,28,30);1-2H3. The molecule has 0 aromatic heterocycles. The number of likely N-dealkylation sites (tertiary alicyclic amines) is 1. The van der Waals surface area contributed by atoms with E-state index < -0.39 is 0 Å². The highest BCUT2D eigenvalue weighted by Crippen LogP contribution is 2.22. The molecule has 2 aromatic carbocycles. The second kappa shape index (κ2) is 12.9. The molecule has 182 valence electrons. The number of aliphatic imine (C=N–C) groups is 1. The number of aliphatic hydroxyl groups is 1. The van der Waals surface area contributed by atoms with Crippen molar-refractivity contribution in [2.45, 2.75) is 72.4 Å². The van der Waals surface area contributed by atoms with Gasteiger partial charge in [0, 0.05) is 24.2 Å². The Kier molecular flexibility index (Phi) is 10.3. The lowest BCUT2D eigenvalue weighted by atomic mass is 9.94. The van der Waals surface area contributed by atoms with E-state index in [1.807, 2.05) is 18.7 Å². The quantitative estimate of drug-likeness (QED) is 0.417. The van der Waals surface area contributed by atoms with Gasteiger partial charge in [-0.3, -0.25) is 10.4 Å². The number of hydrogen-bond acceptors (Lipinski definition) is 4. The van der Waals surface area contributed by atoms with Crippen LogP contribution >= 0.6 is 0 Å². The monoisotopic (exact) mass is 461 g/mol. The minimum atomic E-state index is -0.304.